The van der Waals surface area contributed by atoms with Gasteiger partial charge in [0.25, 0.3) is 5.91 Å². The summed E-state index contributed by atoms with van der Waals surface area (Å²) in [6.45, 7) is 1.34. The lowest BCUT2D eigenvalue weighted by Crippen LogP contribution is -2.21. The van der Waals surface area contributed by atoms with Gasteiger partial charge in [-0.05, 0) is 36.8 Å². The summed E-state index contributed by atoms with van der Waals surface area (Å²) in [5.41, 5.74) is 2.60. The maximum Gasteiger partial charge on any atom is 0.355 e. The molecule has 2 aromatic carbocycles. The zero-order valence-corrected chi connectivity index (χ0v) is 14.9. The van der Waals surface area contributed by atoms with Crippen LogP contribution in [0.25, 0.3) is 10.9 Å². The summed E-state index contributed by atoms with van der Waals surface area (Å²) in [5, 5.41) is 3.51. The molecule has 0 fully saturated rings. The van der Waals surface area contributed by atoms with Crippen LogP contribution in [0.4, 0.5) is 5.69 Å². The fraction of sp³-hybridized carbons (Fsp3) is 0.150. The molecule has 0 atom stereocenters. The summed E-state index contributed by atoms with van der Waals surface area (Å²) in [5.74, 6) is -1.64. The number of ether oxygens (including phenoxy) is 2. The van der Waals surface area contributed by atoms with E-state index in [1.807, 2.05) is 24.3 Å². The number of rotatable bonds is 5. The monoisotopic (exact) mass is 366 g/mol. The summed E-state index contributed by atoms with van der Waals surface area (Å²) in [4.78, 5) is 38.8. The standard InChI is InChI=1S/C20H18N2O5/c1-12-7-8-14(19(24)26-2)10-16(12)22-18(23)11-27-20(25)17-9-13-5-3-4-6-15(13)21-17/h3-10,21H,11H2,1-2H3,(H,22,23). The molecule has 0 radical (unpaired) electrons. The Morgan fingerprint density at radius 2 is 1.81 bits per heavy atom. The quantitative estimate of drug-likeness (QED) is 0.677. The van der Waals surface area contributed by atoms with Crippen LogP contribution in [-0.4, -0.2) is 36.5 Å². The summed E-state index contributed by atoms with van der Waals surface area (Å²) in [6, 6.07) is 13.9. The molecule has 7 heteroatoms. The Hall–Kier alpha value is -3.61. The van der Waals surface area contributed by atoms with E-state index in [1.165, 1.54) is 13.2 Å². The fourth-order valence-electron chi connectivity index (χ4n) is 2.58. The molecule has 1 aromatic heterocycles. The van der Waals surface area contributed by atoms with Gasteiger partial charge < -0.3 is 19.8 Å². The molecule has 0 saturated heterocycles. The van der Waals surface area contributed by atoms with Crippen LogP contribution >= 0.6 is 0 Å². The van der Waals surface area contributed by atoms with Crippen molar-refractivity contribution in [2.24, 2.45) is 0 Å². The number of methoxy groups -OCH3 is 1. The lowest BCUT2D eigenvalue weighted by molar-refractivity contribution is -0.119. The Kier molecular flexibility index (Phi) is 5.21. The zero-order valence-electron chi connectivity index (χ0n) is 14.9. The van der Waals surface area contributed by atoms with Gasteiger partial charge in [0.1, 0.15) is 5.69 Å². The Bertz CT molecular complexity index is 989. The molecule has 0 bridgehead atoms. The van der Waals surface area contributed by atoms with E-state index >= 15 is 0 Å². The molecule has 1 heterocycles. The number of anilines is 1. The third-order valence-electron chi connectivity index (χ3n) is 4.02. The van der Waals surface area contributed by atoms with Gasteiger partial charge in [-0.2, -0.15) is 0 Å². The number of aryl methyl sites for hydroxylation is 1. The van der Waals surface area contributed by atoms with Crippen LogP contribution in [0.3, 0.4) is 0 Å². The summed E-state index contributed by atoms with van der Waals surface area (Å²) in [7, 11) is 1.28. The molecule has 0 saturated carbocycles. The largest absolute Gasteiger partial charge is 0.465 e. The molecule has 0 aliphatic rings. The SMILES string of the molecule is COC(=O)c1ccc(C)c(NC(=O)COC(=O)c2cc3ccccc3[nH]2)c1. The van der Waals surface area contributed by atoms with Crippen LogP contribution < -0.4 is 5.32 Å². The number of aromatic amines is 1. The molecule has 2 N–H and O–H groups in total. The average molecular weight is 366 g/mol. The Labute approximate surface area is 155 Å². The second-order valence-electron chi connectivity index (χ2n) is 5.92. The first kappa shape index (κ1) is 18.2. The van der Waals surface area contributed by atoms with E-state index in [2.05, 4.69) is 15.0 Å². The van der Waals surface area contributed by atoms with Gasteiger partial charge in [0.2, 0.25) is 0 Å². The molecule has 0 aliphatic carbocycles. The second-order valence-corrected chi connectivity index (χ2v) is 5.92. The van der Waals surface area contributed by atoms with Gasteiger partial charge in [0.05, 0.1) is 12.7 Å². The Morgan fingerprint density at radius 3 is 2.56 bits per heavy atom. The van der Waals surface area contributed by atoms with Crippen molar-refractivity contribution >= 4 is 34.4 Å². The molecule has 3 rings (SSSR count). The second kappa shape index (κ2) is 7.74. The van der Waals surface area contributed by atoms with Crippen molar-refractivity contribution < 1.29 is 23.9 Å². The Balaban J connectivity index is 1.62. The van der Waals surface area contributed by atoms with Gasteiger partial charge in [-0.25, -0.2) is 9.59 Å². The van der Waals surface area contributed by atoms with E-state index in [-0.39, 0.29) is 5.69 Å². The topological polar surface area (TPSA) is 97.5 Å². The highest BCUT2D eigenvalue weighted by Crippen LogP contribution is 2.18. The van der Waals surface area contributed by atoms with Gasteiger partial charge in [-0.15, -0.1) is 0 Å². The van der Waals surface area contributed by atoms with Crippen LogP contribution in [-0.2, 0) is 14.3 Å². The number of benzene rings is 2. The summed E-state index contributed by atoms with van der Waals surface area (Å²) in [6.07, 6.45) is 0. The normalized spacial score (nSPS) is 10.4. The maximum absolute atomic E-state index is 12.1. The van der Waals surface area contributed by atoms with Crippen LogP contribution in [0.1, 0.15) is 26.4 Å². The van der Waals surface area contributed by atoms with Crippen LogP contribution in [0.5, 0.6) is 0 Å². The molecule has 7 nitrogen and oxygen atoms in total. The number of H-pyrrole nitrogens is 1. The van der Waals surface area contributed by atoms with Crippen molar-refractivity contribution in [1.29, 1.82) is 0 Å². The van der Waals surface area contributed by atoms with Crippen molar-refractivity contribution in [3.8, 4) is 0 Å². The smallest absolute Gasteiger partial charge is 0.355 e. The molecule has 0 spiro atoms. The van der Waals surface area contributed by atoms with E-state index in [9.17, 15) is 14.4 Å². The predicted octanol–water partition coefficient (Wildman–Crippen LogP) is 3.06. The number of fused-ring (bicyclic) bond motifs is 1. The minimum absolute atomic E-state index is 0.271. The predicted molar refractivity (Wildman–Crippen MR) is 99.7 cm³/mol. The number of nitrogens with one attached hydrogen (secondary N) is 2. The minimum Gasteiger partial charge on any atom is -0.465 e. The first-order valence-electron chi connectivity index (χ1n) is 8.21. The molecule has 138 valence electrons. The number of aromatic nitrogens is 1. The van der Waals surface area contributed by atoms with Crippen molar-refractivity contribution in [3.63, 3.8) is 0 Å². The van der Waals surface area contributed by atoms with Gasteiger partial charge in [-0.1, -0.05) is 24.3 Å². The molecule has 27 heavy (non-hydrogen) atoms. The van der Waals surface area contributed by atoms with Crippen molar-refractivity contribution in [2.75, 3.05) is 19.0 Å². The Morgan fingerprint density at radius 1 is 1.04 bits per heavy atom. The lowest BCUT2D eigenvalue weighted by Gasteiger charge is -2.10. The highest BCUT2D eigenvalue weighted by molar-refractivity contribution is 5.98. The van der Waals surface area contributed by atoms with Gasteiger partial charge in [0.15, 0.2) is 6.61 Å². The summed E-state index contributed by atoms with van der Waals surface area (Å²) >= 11 is 0. The van der Waals surface area contributed by atoms with Gasteiger partial charge in [-0.3, -0.25) is 4.79 Å². The molecule has 3 aromatic rings. The van der Waals surface area contributed by atoms with Crippen molar-refractivity contribution in [2.45, 2.75) is 6.92 Å². The molecule has 0 aliphatic heterocycles. The number of hydrogen-bond acceptors (Lipinski definition) is 5. The maximum atomic E-state index is 12.1. The first-order chi connectivity index (χ1) is 13.0. The number of carbonyl (C=O) groups excluding carboxylic acids is 3. The van der Waals surface area contributed by atoms with E-state index in [0.29, 0.717) is 11.3 Å². The van der Waals surface area contributed by atoms with Crippen LogP contribution in [0.2, 0.25) is 0 Å². The minimum atomic E-state index is -0.624. The fourth-order valence-corrected chi connectivity index (χ4v) is 2.58. The molecular formula is C20H18N2O5. The van der Waals surface area contributed by atoms with Crippen molar-refractivity contribution in [1.82, 2.24) is 4.98 Å². The highest BCUT2D eigenvalue weighted by Gasteiger charge is 2.14. The van der Waals surface area contributed by atoms with Gasteiger partial charge >= 0.3 is 11.9 Å². The van der Waals surface area contributed by atoms with Crippen molar-refractivity contribution in [3.05, 3.63) is 65.4 Å². The average Bonchev–Trinajstić information content (AvgIpc) is 3.11. The number of para-hydroxylation sites is 1. The highest BCUT2D eigenvalue weighted by atomic mass is 16.5. The lowest BCUT2D eigenvalue weighted by atomic mass is 10.1. The van der Waals surface area contributed by atoms with E-state index in [4.69, 9.17) is 4.74 Å². The molecular weight excluding hydrogens is 348 g/mol. The number of esters is 2. The van der Waals surface area contributed by atoms with Gasteiger partial charge in [0, 0.05) is 16.6 Å². The summed E-state index contributed by atoms with van der Waals surface area (Å²) < 4.78 is 9.72. The number of hydrogen-bond donors (Lipinski definition) is 2. The molecule has 1 amide bonds. The van der Waals surface area contributed by atoms with Crippen LogP contribution in [0.15, 0.2) is 48.5 Å². The third-order valence-corrected chi connectivity index (χ3v) is 4.02. The number of amides is 1. The number of carbonyl (C=O) groups is 3. The van der Waals surface area contributed by atoms with Crippen LogP contribution in [0, 0.1) is 6.92 Å². The zero-order chi connectivity index (χ0) is 19.4. The van der Waals surface area contributed by atoms with E-state index in [1.54, 1.807) is 25.1 Å². The van der Waals surface area contributed by atoms with E-state index in [0.717, 1.165) is 16.5 Å². The third kappa shape index (κ3) is 4.14. The molecule has 0 unspecified atom stereocenters. The van der Waals surface area contributed by atoms with E-state index < -0.39 is 24.5 Å². The first-order valence-corrected chi connectivity index (χ1v) is 8.21.